The summed E-state index contributed by atoms with van der Waals surface area (Å²) in [4.78, 5) is 2.36. The number of rotatable bonds is 1. The van der Waals surface area contributed by atoms with Gasteiger partial charge >= 0.3 is 0 Å². The van der Waals surface area contributed by atoms with Gasteiger partial charge in [-0.25, -0.2) is 0 Å². The minimum atomic E-state index is 0.356. The van der Waals surface area contributed by atoms with Crippen molar-refractivity contribution in [2.45, 2.75) is 27.2 Å². The zero-order valence-corrected chi connectivity index (χ0v) is 12.0. The lowest BCUT2D eigenvalue weighted by Crippen LogP contribution is -2.25. The molecule has 0 spiro atoms. The van der Waals surface area contributed by atoms with Crippen LogP contribution in [0.4, 0.5) is 0 Å². The molecule has 1 nitrogen and oxygen atoms in total. The quantitative estimate of drug-likeness (QED) is 0.700. The Bertz CT molecular complexity index is 582. The number of fused-ring (bicyclic) bond motifs is 3. The van der Waals surface area contributed by atoms with Gasteiger partial charge in [-0.2, -0.15) is 0 Å². The molecule has 0 radical (unpaired) electrons. The summed E-state index contributed by atoms with van der Waals surface area (Å²) in [6.45, 7) is 7.92. The van der Waals surface area contributed by atoms with Crippen LogP contribution >= 0.6 is 0 Å². The summed E-state index contributed by atoms with van der Waals surface area (Å²) in [5.41, 5.74) is 5.86. The molecule has 0 aliphatic carbocycles. The van der Waals surface area contributed by atoms with Gasteiger partial charge in [0.05, 0.1) is 0 Å². The van der Waals surface area contributed by atoms with Crippen molar-refractivity contribution in [3.05, 3.63) is 59.3 Å². The van der Waals surface area contributed by atoms with Gasteiger partial charge in [0.2, 0.25) is 0 Å². The summed E-state index contributed by atoms with van der Waals surface area (Å²) < 4.78 is 0. The van der Waals surface area contributed by atoms with Gasteiger partial charge < -0.3 is 4.90 Å². The van der Waals surface area contributed by atoms with Gasteiger partial charge in [0, 0.05) is 24.0 Å². The van der Waals surface area contributed by atoms with Crippen LogP contribution in [0.5, 0.6) is 0 Å². The van der Waals surface area contributed by atoms with Gasteiger partial charge in [0.25, 0.3) is 0 Å². The number of hydrogen-bond acceptors (Lipinski definition) is 1. The molecule has 0 unspecified atom stereocenters. The minimum Gasteiger partial charge on any atom is -0.343 e. The Kier molecular flexibility index (Phi) is 2.85. The third-order valence-electron chi connectivity index (χ3n) is 3.59. The number of allylic oxidation sites excluding steroid dienone is 2. The van der Waals surface area contributed by atoms with E-state index in [1.54, 1.807) is 0 Å². The molecule has 0 saturated heterocycles. The molecule has 1 aromatic carbocycles. The van der Waals surface area contributed by atoms with Crippen LogP contribution in [0.2, 0.25) is 0 Å². The summed E-state index contributed by atoms with van der Waals surface area (Å²) >= 11 is 0. The molecule has 19 heavy (non-hydrogen) atoms. The van der Waals surface area contributed by atoms with Crippen molar-refractivity contribution in [2.24, 2.45) is 5.41 Å². The summed E-state index contributed by atoms with van der Waals surface area (Å²) in [6.07, 6.45) is 10.2. The van der Waals surface area contributed by atoms with Crippen molar-refractivity contribution in [3.63, 3.8) is 0 Å². The zero-order chi connectivity index (χ0) is 13.5. The van der Waals surface area contributed by atoms with E-state index in [1.165, 1.54) is 22.4 Å². The van der Waals surface area contributed by atoms with E-state index in [9.17, 15) is 0 Å². The lowest BCUT2D eigenvalue weighted by atomic mass is 9.86. The fourth-order valence-corrected chi connectivity index (χ4v) is 2.87. The van der Waals surface area contributed by atoms with E-state index in [0.29, 0.717) is 5.41 Å². The Hall–Kier alpha value is -1.76. The van der Waals surface area contributed by atoms with Crippen molar-refractivity contribution >= 4 is 11.8 Å². The summed E-state index contributed by atoms with van der Waals surface area (Å²) in [5.74, 6) is 0. The Morgan fingerprint density at radius 2 is 1.89 bits per heavy atom. The molecule has 1 heteroatoms. The molecule has 2 heterocycles. The van der Waals surface area contributed by atoms with Gasteiger partial charge in [-0.3, -0.25) is 0 Å². The molecule has 0 aromatic heterocycles. The van der Waals surface area contributed by atoms with Crippen molar-refractivity contribution in [3.8, 4) is 0 Å². The van der Waals surface area contributed by atoms with E-state index >= 15 is 0 Å². The molecule has 1 aromatic rings. The number of benzene rings is 1. The standard InChI is InChI=1S/C18H21N/c1-18(2,3)12-14-8-9-17-16-7-5-4-6-15(16)10-11-19(17)13-14/h4-11H,12-13H2,1-3H3. The van der Waals surface area contributed by atoms with E-state index in [1.807, 2.05) is 0 Å². The second-order valence-electron chi connectivity index (χ2n) is 6.65. The van der Waals surface area contributed by atoms with Gasteiger partial charge in [-0.15, -0.1) is 0 Å². The van der Waals surface area contributed by atoms with Crippen LogP contribution in [0.1, 0.15) is 38.3 Å². The summed E-state index contributed by atoms with van der Waals surface area (Å²) in [6, 6.07) is 8.60. The van der Waals surface area contributed by atoms with Crippen LogP contribution in [0.3, 0.4) is 0 Å². The molecule has 0 N–H and O–H groups in total. The maximum absolute atomic E-state index is 2.36. The normalized spacial score (nSPS) is 17.5. The molecule has 0 atom stereocenters. The molecule has 3 rings (SSSR count). The highest BCUT2D eigenvalue weighted by molar-refractivity contribution is 5.79. The summed E-state index contributed by atoms with van der Waals surface area (Å²) in [5, 5.41) is 0. The third-order valence-corrected chi connectivity index (χ3v) is 3.59. The average Bonchev–Trinajstić information content (AvgIpc) is 2.36. The Morgan fingerprint density at radius 3 is 2.68 bits per heavy atom. The van der Waals surface area contributed by atoms with Crippen LogP contribution in [-0.2, 0) is 0 Å². The molecule has 0 amide bonds. The Labute approximate surface area is 115 Å². The lowest BCUT2D eigenvalue weighted by Gasteiger charge is -2.33. The first kappa shape index (κ1) is 12.3. The molecule has 98 valence electrons. The van der Waals surface area contributed by atoms with Crippen LogP contribution < -0.4 is 0 Å². The maximum atomic E-state index is 2.36. The summed E-state index contributed by atoms with van der Waals surface area (Å²) in [7, 11) is 0. The third kappa shape index (κ3) is 2.51. The average molecular weight is 251 g/mol. The first-order chi connectivity index (χ1) is 9.03. The largest absolute Gasteiger partial charge is 0.343 e. The highest BCUT2D eigenvalue weighted by atomic mass is 15.1. The fourth-order valence-electron chi connectivity index (χ4n) is 2.87. The van der Waals surface area contributed by atoms with Crippen molar-refractivity contribution in [2.75, 3.05) is 6.54 Å². The van der Waals surface area contributed by atoms with Crippen LogP contribution in [0, 0.1) is 5.41 Å². The Morgan fingerprint density at radius 1 is 1.11 bits per heavy atom. The van der Waals surface area contributed by atoms with E-state index < -0.39 is 0 Å². The lowest BCUT2D eigenvalue weighted by molar-refractivity contribution is 0.394. The first-order valence-corrected chi connectivity index (χ1v) is 6.97. The maximum Gasteiger partial charge on any atom is 0.0488 e. The highest BCUT2D eigenvalue weighted by Crippen LogP contribution is 2.34. The molecular weight excluding hydrogens is 230 g/mol. The smallest absolute Gasteiger partial charge is 0.0488 e. The molecule has 0 fully saturated rings. The van der Waals surface area contributed by atoms with E-state index in [2.05, 4.69) is 74.4 Å². The highest BCUT2D eigenvalue weighted by Gasteiger charge is 2.22. The van der Waals surface area contributed by atoms with Gasteiger partial charge in [-0.05, 0) is 35.1 Å². The van der Waals surface area contributed by atoms with E-state index in [4.69, 9.17) is 0 Å². The van der Waals surface area contributed by atoms with Crippen LogP contribution in [0.15, 0.2) is 48.2 Å². The monoisotopic (exact) mass is 251 g/mol. The van der Waals surface area contributed by atoms with Gasteiger partial charge in [-0.1, -0.05) is 51.1 Å². The van der Waals surface area contributed by atoms with Crippen molar-refractivity contribution in [1.29, 1.82) is 0 Å². The van der Waals surface area contributed by atoms with Crippen molar-refractivity contribution in [1.82, 2.24) is 4.90 Å². The number of hydrogen-bond donors (Lipinski definition) is 0. The van der Waals surface area contributed by atoms with Crippen LogP contribution in [0.25, 0.3) is 11.8 Å². The topological polar surface area (TPSA) is 3.24 Å². The predicted molar refractivity (Wildman–Crippen MR) is 82.3 cm³/mol. The van der Waals surface area contributed by atoms with E-state index in [-0.39, 0.29) is 0 Å². The Balaban J connectivity index is 1.94. The molecule has 2 aliphatic rings. The molecule has 0 bridgehead atoms. The molecule has 2 aliphatic heterocycles. The minimum absolute atomic E-state index is 0.356. The van der Waals surface area contributed by atoms with Gasteiger partial charge in [0.15, 0.2) is 0 Å². The first-order valence-electron chi connectivity index (χ1n) is 6.97. The second kappa shape index (κ2) is 4.41. The fraction of sp³-hybridized carbons (Fsp3) is 0.333. The second-order valence-corrected chi connectivity index (χ2v) is 6.65. The van der Waals surface area contributed by atoms with E-state index in [0.717, 1.165) is 13.0 Å². The van der Waals surface area contributed by atoms with Crippen molar-refractivity contribution < 1.29 is 0 Å². The SMILES string of the molecule is CC(C)(C)CC1=CC=C2c3ccccc3C=CN2C1. The molecule has 0 saturated carbocycles. The predicted octanol–water partition coefficient (Wildman–Crippen LogP) is 4.69. The van der Waals surface area contributed by atoms with Gasteiger partial charge in [0.1, 0.15) is 0 Å². The zero-order valence-electron chi connectivity index (χ0n) is 12.0. The number of nitrogens with zero attached hydrogens (tertiary/aromatic N) is 1. The molecular formula is C18H21N. The van der Waals surface area contributed by atoms with Crippen LogP contribution in [-0.4, -0.2) is 11.4 Å².